The van der Waals surface area contributed by atoms with Crippen molar-refractivity contribution in [3.05, 3.63) is 45.6 Å². The SMILES string of the molecule is CN=C(NCc1nc(C)c(C)o1)NCc1cc(Br)ccc1OC(F)F. The van der Waals surface area contributed by atoms with Gasteiger partial charge in [0.25, 0.3) is 0 Å². The van der Waals surface area contributed by atoms with E-state index in [-0.39, 0.29) is 12.3 Å². The molecule has 0 saturated carbocycles. The second-order valence-corrected chi connectivity index (χ2v) is 6.07. The number of nitrogens with zero attached hydrogens (tertiary/aromatic N) is 2. The van der Waals surface area contributed by atoms with E-state index in [0.29, 0.717) is 24.0 Å². The largest absolute Gasteiger partial charge is 0.444 e. The van der Waals surface area contributed by atoms with E-state index in [4.69, 9.17) is 4.42 Å². The van der Waals surface area contributed by atoms with Crippen LogP contribution in [0, 0.1) is 13.8 Å². The van der Waals surface area contributed by atoms with Gasteiger partial charge in [0.15, 0.2) is 5.96 Å². The van der Waals surface area contributed by atoms with E-state index in [1.54, 1.807) is 19.2 Å². The fourth-order valence-corrected chi connectivity index (χ4v) is 2.48. The molecule has 0 radical (unpaired) electrons. The van der Waals surface area contributed by atoms with Gasteiger partial charge in [0.2, 0.25) is 5.89 Å². The third-order valence-electron chi connectivity index (χ3n) is 3.39. The van der Waals surface area contributed by atoms with E-state index < -0.39 is 6.61 Å². The number of rotatable bonds is 6. The van der Waals surface area contributed by atoms with Gasteiger partial charge < -0.3 is 19.8 Å². The molecule has 136 valence electrons. The number of oxazole rings is 1. The lowest BCUT2D eigenvalue weighted by atomic mass is 10.2. The molecule has 0 bridgehead atoms. The Kier molecular flexibility index (Phi) is 6.74. The van der Waals surface area contributed by atoms with Crippen LogP contribution in [0.1, 0.15) is 22.9 Å². The van der Waals surface area contributed by atoms with Crippen molar-refractivity contribution >= 4 is 21.9 Å². The van der Waals surface area contributed by atoms with Gasteiger partial charge in [-0.2, -0.15) is 8.78 Å². The summed E-state index contributed by atoms with van der Waals surface area (Å²) in [5, 5.41) is 6.10. The van der Waals surface area contributed by atoms with E-state index in [1.165, 1.54) is 6.07 Å². The smallest absolute Gasteiger partial charge is 0.387 e. The van der Waals surface area contributed by atoms with Crippen LogP contribution in [0.25, 0.3) is 0 Å². The highest BCUT2D eigenvalue weighted by molar-refractivity contribution is 9.10. The third kappa shape index (κ3) is 5.70. The topological polar surface area (TPSA) is 71.7 Å². The summed E-state index contributed by atoms with van der Waals surface area (Å²) in [5.41, 5.74) is 1.41. The number of nitrogens with one attached hydrogen (secondary N) is 2. The molecule has 25 heavy (non-hydrogen) atoms. The highest BCUT2D eigenvalue weighted by Gasteiger charge is 2.11. The minimum absolute atomic E-state index is 0.111. The van der Waals surface area contributed by atoms with Gasteiger partial charge in [-0.05, 0) is 32.0 Å². The first-order valence-electron chi connectivity index (χ1n) is 7.49. The summed E-state index contributed by atoms with van der Waals surface area (Å²) in [5.74, 6) is 1.90. The van der Waals surface area contributed by atoms with Crippen LogP contribution in [0.4, 0.5) is 8.78 Å². The Labute approximate surface area is 152 Å². The lowest BCUT2D eigenvalue weighted by Gasteiger charge is -2.14. The van der Waals surface area contributed by atoms with Gasteiger partial charge in [0.05, 0.1) is 12.2 Å². The van der Waals surface area contributed by atoms with Crippen molar-refractivity contribution < 1.29 is 17.9 Å². The van der Waals surface area contributed by atoms with Crippen molar-refractivity contribution in [3.8, 4) is 5.75 Å². The molecule has 0 unspecified atom stereocenters. The van der Waals surface area contributed by atoms with Crippen LogP contribution < -0.4 is 15.4 Å². The number of aliphatic imine (C=N–C) groups is 1. The maximum Gasteiger partial charge on any atom is 0.387 e. The Morgan fingerprint density at radius 3 is 2.64 bits per heavy atom. The first-order chi connectivity index (χ1) is 11.9. The standard InChI is InChI=1S/C16H19BrF2N4O2/c1-9-10(2)24-14(23-9)8-22-16(20-3)21-7-11-6-12(17)4-5-13(11)25-15(18)19/h4-6,15H,7-8H2,1-3H3,(H2,20,21,22). The van der Waals surface area contributed by atoms with E-state index in [0.717, 1.165) is 15.9 Å². The zero-order chi connectivity index (χ0) is 18.4. The van der Waals surface area contributed by atoms with Crippen molar-refractivity contribution in [2.45, 2.75) is 33.5 Å². The maximum absolute atomic E-state index is 12.5. The van der Waals surface area contributed by atoms with Crippen molar-refractivity contribution in [3.63, 3.8) is 0 Å². The van der Waals surface area contributed by atoms with Gasteiger partial charge in [-0.1, -0.05) is 15.9 Å². The van der Waals surface area contributed by atoms with Crippen LogP contribution in [0.3, 0.4) is 0 Å². The first kappa shape index (κ1) is 19.2. The van der Waals surface area contributed by atoms with Crippen molar-refractivity contribution in [2.75, 3.05) is 7.05 Å². The minimum atomic E-state index is -2.88. The number of aromatic nitrogens is 1. The summed E-state index contributed by atoms with van der Waals surface area (Å²) in [4.78, 5) is 8.36. The first-order valence-corrected chi connectivity index (χ1v) is 8.29. The van der Waals surface area contributed by atoms with Gasteiger partial charge in [0.1, 0.15) is 11.5 Å². The van der Waals surface area contributed by atoms with Crippen LogP contribution in [0.15, 0.2) is 32.1 Å². The van der Waals surface area contributed by atoms with Gasteiger partial charge in [0, 0.05) is 23.6 Å². The van der Waals surface area contributed by atoms with Crippen LogP contribution >= 0.6 is 15.9 Å². The summed E-state index contributed by atoms with van der Waals surface area (Å²) in [6, 6.07) is 4.84. The third-order valence-corrected chi connectivity index (χ3v) is 3.88. The summed E-state index contributed by atoms with van der Waals surface area (Å²) in [7, 11) is 1.61. The molecule has 1 aromatic carbocycles. The predicted molar refractivity (Wildman–Crippen MR) is 93.8 cm³/mol. The Balaban J connectivity index is 1.97. The van der Waals surface area contributed by atoms with Crippen LogP contribution in [0.5, 0.6) is 5.75 Å². The lowest BCUT2D eigenvalue weighted by Crippen LogP contribution is -2.36. The van der Waals surface area contributed by atoms with Gasteiger partial charge in [-0.3, -0.25) is 4.99 Å². The number of ether oxygens (including phenoxy) is 1. The van der Waals surface area contributed by atoms with Crippen LogP contribution in [-0.4, -0.2) is 24.6 Å². The Morgan fingerprint density at radius 1 is 1.32 bits per heavy atom. The predicted octanol–water partition coefficient (Wildman–Crippen LogP) is 3.52. The maximum atomic E-state index is 12.5. The minimum Gasteiger partial charge on any atom is -0.444 e. The average Bonchev–Trinajstić information content (AvgIpc) is 2.88. The Bertz CT molecular complexity index is 730. The molecule has 0 aliphatic rings. The highest BCUT2D eigenvalue weighted by atomic mass is 79.9. The summed E-state index contributed by atoms with van der Waals surface area (Å²) in [6.07, 6.45) is 0. The molecule has 1 aromatic heterocycles. The quantitative estimate of drug-likeness (QED) is 0.556. The van der Waals surface area contributed by atoms with Crippen LogP contribution in [0.2, 0.25) is 0 Å². The lowest BCUT2D eigenvalue weighted by molar-refractivity contribution is -0.0504. The molecule has 9 heteroatoms. The fraction of sp³-hybridized carbons (Fsp3) is 0.375. The van der Waals surface area contributed by atoms with E-state index in [9.17, 15) is 8.78 Å². The van der Waals surface area contributed by atoms with Crippen LogP contribution in [-0.2, 0) is 13.1 Å². The Hall–Kier alpha value is -2.16. The average molecular weight is 417 g/mol. The second kappa shape index (κ2) is 8.80. The molecule has 2 aromatic rings. The van der Waals surface area contributed by atoms with Gasteiger partial charge in [-0.25, -0.2) is 4.98 Å². The molecule has 0 aliphatic carbocycles. The molecule has 2 N–H and O–H groups in total. The van der Waals surface area contributed by atoms with Crippen molar-refractivity contribution in [2.24, 2.45) is 4.99 Å². The number of hydrogen-bond acceptors (Lipinski definition) is 4. The fourth-order valence-electron chi connectivity index (χ4n) is 2.07. The number of guanidine groups is 1. The molecule has 0 saturated heterocycles. The molecular weight excluding hydrogens is 398 g/mol. The monoisotopic (exact) mass is 416 g/mol. The van der Waals surface area contributed by atoms with E-state index in [2.05, 4.69) is 41.3 Å². The zero-order valence-corrected chi connectivity index (χ0v) is 15.7. The molecule has 2 rings (SSSR count). The molecule has 0 fully saturated rings. The van der Waals surface area contributed by atoms with E-state index >= 15 is 0 Å². The van der Waals surface area contributed by atoms with Gasteiger partial charge >= 0.3 is 6.61 Å². The van der Waals surface area contributed by atoms with Crippen molar-refractivity contribution in [1.29, 1.82) is 0 Å². The number of benzene rings is 1. The molecular formula is C16H19BrF2N4O2. The number of aryl methyl sites for hydroxylation is 2. The molecule has 0 spiro atoms. The number of halogens is 3. The summed E-state index contributed by atoms with van der Waals surface area (Å²) in [6.45, 7) is 1.44. The summed E-state index contributed by atoms with van der Waals surface area (Å²) >= 11 is 3.32. The Morgan fingerprint density at radius 2 is 2.04 bits per heavy atom. The zero-order valence-electron chi connectivity index (χ0n) is 14.1. The molecule has 0 aliphatic heterocycles. The second-order valence-electron chi connectivity index (χ2n) is 5.16. The highest BCUT2D eigenvalue weighted by Crippen LogP contribution is 2.24. The normalized spacial score (nSPS) is 11.7. The van der Waals surface area contributed by atoms with Crippen molar-refractivity contribution in [1.82, 2.24) is 15.6 Å². The molecule has 0 amide bonds. The molecule has 1 heterocycles. The number of hydrogen-bond donors (Lipinski definition) is 2. The molecule has 0 atom stereocenters. The number of alkyl halides is 2. The molecule has 6 nitrogen and oxygen atoms in total. The summed E-state index contributed by atoms with van der Waals surface area (Å²) < 4.78 is 35.8. The van der Waals surface area contributed by atoms with Gasteiger partial charge in [-0.15, -0.1) is 0 Å². The van der Waals surface area contributed by atoms with E-state index in [1.807, 2.05) is 13.8 Å².